The average molecular weight is 399 g/mol. The number of carbonyl (C=O) groups is 1. The second-order valence-corrected chi connectivity index (χ2v) is 7.22. The van der Waals surface area contributed by atoms with Gasteiger partial charge in [0, 0.05) is 22.9 Å². The number of amides is 1. The van der Waals surface area contributed by atoms with E-state index in [9.17, 15) is 4.79 Å². The molecule has 1 aliphatic rings. The normalized spacial score (nSPS) is 15.5. The number of para-hydroxylation sites is 1. The van der Waals surface area contributed by atoms with Gasteiger partial charge in [-0.2, -0.15) is 0 Å². The van der Waals surface area contributed by atoms with Crippen LogP contribution in [-0.2, 0) is 6.42 Å². The summed E-state index contributed by atoms with van der Waals surface area (Å²) in [7, 11) is 0. The van der Waals surface area contributed by atoms with Gasteiger partial charge in [0.15, 0.2) is 0 Å². The van der Waals surface area contributed by atoms with Gasteiger partial charge in [0.25, 0.3) is 5.91 Å². The first-order valence-electron chi connectivity index (χ1n) is 8.49. The second-order valence-electron chi connectivity index (χ2n) is 6.37. The van der Waals surface area contributed by atoms with Gasteiger partial charge in [-0.15, -0.1) is 0 Å². The summed E-state index contributed by atoms with van der Waals surface area (Å²) in [6.45, 7) is 2.11. The Morgan fingerprint density at radius 3 is 2.85 bits per heavy atom. The molecule has 1 aromatic heterocycles. The third-order valence-electron chi connectivity index (χ3n) is 4.47. The van der Waals surface area contributed by atoms with E-state index in [4.69, 9.17) is 23.2 Å². The molecule has 3 aromatic rings. The number of aromatic nitrogens is 2. The highest BCUT2D eigenvalue weighted by atomic mass is 35.5. The van der Waals surface area contributed by atoms with Crippen molar-refractivity contribution >= 4 is 46.4 Å². The van der Waals surface area contributed by atoms with Crippen LogP contribution < -0.4 is 10.2 Å². The minimum Gasteiger partial charge on any atom is -0.319 e. The molecule has 0 saturated heterocycles. The van der Waals surface area contributed by atoms with Crippen molar-refractivity contribution in [1.29, 1.82) is 0 Å². The smallest absolute Gasteiger partial charge is 0.274 e. The largest absolute Gasteiger partial charge is 0.319 e. The lowest BCUT2D eigenvalue weighted by molar-refractivity contribution is 0.102. The predicted octanol–water partition coefficient (Wildman–Crippen LogP) is 5.12. The summed E-state index contributed by atoms with van der Waals surface area (Å²) in [6, 6.07) is 14.8. The van der Waals surface area contributed by atoms with E-state index < -0.39 is 0 Å². The lowest BCUT2D eigenvalue weighted by Crippen LogP contribution is -2.27. The molecule has 7 heteroatoms. The zero-order chi connectivity index (χ0) is 19.0. The summed E-state index contributed by atoms with van der Waals surface area (Å²) in [5.74, 6) is 0.125. The highest BCUT2D eigenvalue weighted by molar-refractivity contribution is 6.35. The van der Waals surface area contributed by atoms with Crippen molar-refractivity contribution in [3.05, 3.63) is 76.0 Å². The minimum atomic E-state index is -0.372. The molecule has 1 aliphatic heterocycles. The van der Waals surface area contributed by atoms with Crippen LogP contribution in [0.5, 0.6) is 0 Å². The molecule has 4 rings (SSSR count). The minimum absolute atomic E-state index is 0.211. The Bertz CT molecular complexity index is 1020. The molecule has 1 unspecified atom stereocenters. The van der Waals surface area contributed by atoms with E-state index in [1.807, 2.05) is 18.2 Å². The number of halogens is 2. The quantitative estimate of drug-likeness (QED) is 0.664. The molecular weight excluding hydrogens is 383 g/mol. The zero-order valence-corrected chi connectivity index (χ0v) is 16.0. The van der Waals surface area contributed by atoms with Crippen LogP contribution in [0.15, 0.2) is 54.7 Å². The molecule has 0 spiro atoms. The second kappa shape index (κ2) is 7.18. The number of fused-ring (bicyclic) bond motifs is 1. The zero-order valence-electron chi connectivity index (χ0n) is 14.5. The standard InChI is InChI=1S/C20H16Cl2N4O/c1-12-10-13-4-2-3-5-18(13)26(12)20-23-9-8-16(25-20)19(27)24-17-11-14(21)6-7-15(17)22/h2-9,11-12H,10H2,1H3,(H,24,27). The van der Waals surface area contributed by atoms with E-state index in [1.54, 1.807) is 30.5 Å². The summed E-state index contributed by atoms with van der Waals surface area (Å²) >= 11 is 12.1. The van der Waals surface area contributed by atoms with Crippen LogP contribution in [0.1, 0.15) is 23.0 Å². The fraction of sp³-hybridized carbons (Fsp3) is 0.150. The van der Waals surface area contributed by atoms with Crippen LogP contribution in [0.2, 0.25) is 10.0 Å². The molecular formula is C20H16Cl2N4O. The molecule has 5 nitrogen and oxygen atoms in total. The van der Waals surface area contributed by atoms with E-state index in [0.717, 1.165) is 12.1 Å². The molecule has 1 N–H and O–H groups in total. The van der Waals surface area contributed by atoms with Crippen LogP contribution >= 0.6 is 23.2 Å². The molecule has 27 heavy (non-hydrogen) atoms. The van der Waals surface area contributed by atoms with Gasteiger partial charge in [-0.05, 0) is 49.2 Å². The Hall–Kier alpha value is -2.63. The molecule has 0 radical (unpaired) electrons. The summed E-state index contributed by atoms with van der Waals surface area (Å²) in [5, 5.41) is 3.64. The maximum absolute atomic E-state index is 12.7. The number of hydrogen-bond donors (Lipinski definition) is 1. The average Bonchev–Trinajstić information content (AvgIpc) is 3.00. The van der Waals surface area contributed by atoms with Gasteiger partial charge in [0.1, 0.15) is 5.69 Å². The lowest BCUT2D eigenvalue weighted by atomic mass is 10.1. The fourth-order valence-corrected chi connectivity index (χ4v) is 3.58. The Morgan fingerprint density at radius 1 is 1.19 bits per heavy atom. The monoisotopic (exact) mass is 398 g/mol. The van der Waals surface area contributed by atoms with Crippen molar-refractivity contribution in [2.45, 2.75) is 19.4 Å². The molecule has 0 saturated carbocycles. The molecule has 2 heterocycles. The molecule has 0 bridgehead atoms. The van der Waals surface area contributed by atoms with Crippen molar-refractivity contribution in [1.82, 2.24) is 9.97 Å². The van der Waals surface area contributed by atoms with Gasteiger partial charge in [-0.1, -0.05) is 41.4 Å². The number of nitrogens with one attached hydrogen (secondary N) is 1. The topological polar surface area (TPSA) is 58.1 Å². The van der Waals surface area contributed by atoms with Crippen molar-refractivity contribution in [3.8, 4) is 0 Å². The highest BCUT2D eigenvalue weighted by Gasteiger charge is 2.29. The molecule has 0 fully saturated rings. The van der Waals surface area contributed by atoms with Gasteiger partial charge in [0.05, 0.1) is 10.7 Å². The van der Waals surface area contributed by atoms with E-state index in [0.29, 0.717) is 21.7 Å². The van der Waals surface area contributed by atoms with E-state index in [1.165, 1.54) is 5.56 Å². The van der Waals surface area contributed by atoms with Crippen LogP contribution in [0, 0.1) is 0 Å². The summed E-state index contributed by atoms with van der Waals surface area (Å²) < 4.78 is 0. The van der Waals surface area contributed by atoms with E-state index in [-0.39, 0.29) is 17.6 Å². The van der Waals surface area contributed by atoms with Crippen LogP contribution in [0.3, 0.4) is 0 Å². The number of carbonyl (C=O) groups excluding carboxylic acids is 1. The van der Waals surface area contributed by atoms with Crippen molar-refractivity contribution < 1.29 is 4.79 Å². The third kappa shape index (κ3) is 3.48. The van der Waals surface area contributed by atoms with Gasteiger partial charge in [-0.3, -0.25) is 4.79 Å². The molecule has 1 atom stereocenters. The number of rotatable bonds is 3. The molecule has 2 aromatic carbocycles. The van der Waals surface area contributed by atoms with Crippen molar-refractivity contribution in [3.63, 3.8) is 0 Å². The molecule has 0 aliphatic carbocycles. The Morgan fingerprint density at radius 2 is 2.00 bits per heavy atom. The summed E-state index contributed by atoms with van der Waals surface area (Å²) in [4.78, 5) is 23.6. The lowest BCUT2D eigenvalue weighted by Gasteiger charge is -2.22. The van der Waals surface area contributed by atoms with Crippen molar-refractivity contribution in [2.24, 2.45) is 0 Å². The van der Waals surface area contributed by atoms with Crippen LogP contribution in [-0.4, -0.2) is 21.9 Å². The first-order chi connectivity index (χ1) is 13.0. The summed E-state index contributed by atoms with van der Waals surface area (Å²) in [5.41, 5.74) is 3.01. The van der Waals surface area contributed by atoms with Crippen LogP contribution in [0.4, 0.5) is 17.3 Å². The van der Waals surface area contributed by atoms with Gasteiger partial charge in [-0.25, -0.2) is 9.97 Å². The van der Waals surface area contributed by atoms with Crippen molar-refractivity contribution in [2.75, 3.05) is 10.2 Å². The van der Waals surface area contributed by atoms with E-state index in [2.05, 4.69) is 33.2 Å². The SMILES string of the molecule is CC1Cc2ccccc2N1c1nccc(C(=O)Nc2cc(Cl)ccc2Cl)n1. The number of anilines is 3. The maximum atomic E-state index is 12.7. The van der Waals surface area contributed by atoms with Crippen LogP contribution in [0.25, 0.3) is 0 Å². The Balaban J connectivity index is 1.63. The number of nitrogens with zero attached hydrogens (tertiary/aromatic N) is 3. The van der Waals surface area contributed by atoms with Gasteiger partial charge in [0.2, 0.25) is 5.95 Å². The fourth-order valence-electron chi connectivity index (χ4n) is 3.24. The third-order valence-corrected chi connectivity index (χ3v) is 5.04. The summed E-state index contributed by atoms with van der Waals surface area (Å²) in [6.07, 6.45) is 2.50. The predicted molar refractivity (Wildman–Crippen MR) is 108 cm³/mol. The van der Waals surface area contributed by atoms with Gasteiger partial charge < -0.3 is 10.2 Å². The first kappa shape index (κ1) is 17.8. The number of benzene rings is 2. The first-order valence-corrected chi connectivity index (χ1v) is 9.25. The Kier molecular flexibility index (Phi) is 4.72. The molecule has 1 amide bonds. The van der Waals surface area contributed by atoms with Gasteiger partial charge >= 0.3 is 0 Å². The van der Waals surface area contributed by atoms with E-state index >= 15 is 0 Å². The number of hydrogen-bond acceptors (Lipinski definition) is 4. The maximum Gasteiger partial charge on any atom is 0.274 e. The highest BCUT2D eigenvalue weighted by Crippen LogP contribution is 2.36. The molecule has 136 valence electrons. The Labute approximate surface area is 167 Å².